The third-order valence-electron chi connectivity index (χ3n) is 2.29. The molecule has 1 heterocycles. The van der Waals surface area contributed by atoms with Gasteiger partial charge in [0.25, 0.3) is 0 Å². The lowest BCUT2D eigenvalue weighted by Gasteiger charge is -1.99. The molecule has 0 saturated heterocycles. The van der Waals surface area contributed by atoms with Crippen molar-refractivity contribution in [2.24, 2.45) is 0 Å². The van der Waals surface area contributed by atoms with Gasteiger partial charge in [-0.2, -0.15) is 0 Å². The van der Waals surface area contributed by atoms with Crippen LogP contribution in [0.2, 0.25) is 5.02 Å². The van der Waals surface area contributed by atoms with Crippen molar-refractivity contribution < 1.29 is 22.8 Å². The van der Waals surface area contributed by atoms with Crippen molar-refractivity contribution in [1.82, 2.24) is 5.16 Å². The van der Waals surface area contributed by atoms with E-state index in [-0.39, 0.29) is 28.6 Å². The van der Waals surface area contributed by atoms with Gasteiger partial charge in [0.1, 0.15) is 5.02 Å². The smallest absolute Gasteiger partial charge is 0.362 e. The molecule has 4 nitrogen and oxygen atoms in total. The summed E-state index contributed by atoms with van der Waals surface area (Å²) < 4.78 is 35.5. The quantitative estimate of drug-likeness (QED) is 0.811. The van der Waals surface area contributed by atoms with Crippen LogP contribution in [-0.2, 0) is 4.74 Å². The zero-order valence-electron chi connectivity index (χ0n) is 9.75. The average Bonchev–Trinajstić information content (AvgIpc) is 2.75. The molecule has 2 aromatic rings. The normalized spacial score (nSPS) is 10.5. The Morgan fingerprint density at radius 3 is 2.79 bits per heavy atom. The summed E-state index contributed by atoms with van der Waals surface area (Å²) in [4.78, 5) is 11.5. The van der Waals surface area contributed by atoms with Crippen LogP contribution in [0.15, 0.2) is 22.7 Å². The summed E-state index contributed by atoms with van der Waals surface area (Å²) in [5.41, 5.74) is -0.0322. The van der Waals surface area contributed by atoms with Crippen LogP contribution >= 0.6 is 11.6 Å². The molecule has 0 spiro atoms. The van der Waals surface area contributed by atoms with E-state index < -0.39 is 17.6 Å². The number of carbonyl (C=O) groups is 1. The number of halogens is 3. The lowest BCUT2D eigenvalue weighted by Crippen LogP contribution is -2.05. The number of rotatable bonds is 3. The molecule has 100 valence electrons. The van der Waals surface area contributed by atoms with Crippen LogP contribution < -0.4 is 0 Å². The average molecular weight is 288 g/mol. The summed E-state index contributed by atoms with van der Waals surface area (Å²) in [7, 11) is 0. The topological polar surface area (TPSA) is 52.3 Å². The maximum atomic E-state index is 13.1. The van der Waals surface area contributed by atoms with E-state index in [4.69, 9.17) is 20.9 Å². The van der Waals surface area contributed by atoms with Crippen LogP contribution in [-0.4, -0.2) is 17.7 Å². The van der Waals surface area contributed by atoms with Gasteiger partial charge >= 0.3 is 5.97 Å². The fraction of sp³-hybridized carbons (Fsp3) is 0.167. The zero-order chi connectivity index (χ0) is 14.0. The van der Waals surface area contributed by atoms with Gasteiger partial charge in [0.2, 0.25) is 5.69 Å². The second-order valence-electron chi connectivity index (χ2n) is 3.52. The molecule has 1 aromatic carbocycles. The predicted molar refractivity (Wildman–Crippen MR) is 62.8 cm³/mol. The minimum atomic E-state index is -1.05. The molecule has 0 N–H and O–H groups in total. The van der Waals surface area contributed by atoms with Crippen molar-refractivity contribution >= 4 is 17.6 Å². The van der Waals surface area contributed by atoms with E-state index in [2.05, 4.69) is 5.16 Å². The third-order valence-corrected chi connectivity index (χ3v) is 2.64. The van der Waals surface area contributed by atoms with E-state index in [0.717, 1.165) is 12.1 Å². The number of esters is 1. The molecular weight excluding hydrogens is 280 g/mol. The molecule has 0 amide bonds. The van der Waals surface area contributed by atoms with Crippen LogP contribution in [0.4, 0.5) is 8.78 Å². The molecular formula is C12H8ClF2NO3. The second-order valence-corrected chi connectivity index (χ2v) is 3.90. The van der Waals surface area contributed by atoms with Crippen molar-refractivity contribution in [3.8, 4) is 11.3 Å². The number of carbonyl (C=O) groups excluding carboxylic acids is 1. The maximum Gasteiger partial charge on any atom is 0.362 e. The largest absolute Gasteiger partial charge is 0.461 e. The lowest BCUT2D eigenvalue weighted by molar-refractivity contribution is 0.0515. The number of hydrogen-bond donors (Lipinski definition) is 0. The molecule has 2 rings (SSSR count). The summed E-state index contributed by atoms with van der Waals surface area (Å²) in [6.07, 6.45) is 0. The molecule has 0 unspecified atom stereocenters. The van der Waals surface area contributed by atoms with Crippen molar-refractivity contribution in [3.63, 3.8) is 0 Å². The number of ether oxygens (including phenoxy) is 1. The van der Waals surface area contributed by atoms with Crippen molar-refractivity contribution in [2.75, 3.05) is 6.61 Å². The van der Waals surface area contributed by atoms with E-state index in [1.807, 2.05) is 0 Å². The first-order chi connectivity index (χ1) is 9.04. The van der Waals surface area contributed by atoms with E-state index in [9.17, 15) is 13.6 Å². The van der Waals surface area contributed by atoms with Gasteiger partial charge in [-0.1, -0.05) is 16.8 Å². The minimum Gasteiger partial charge on any atom is -0.461 e. The highest BCUT2D eigenvalue weighted by Crippen LogP contribution is 2.31. The maximum absolute atomic E-state index is 13.1. The van der Waals surface area contributed by atoms with Crippen molar-refractivity contribution in [3.05, 3.63) is 40.6 Å². The van der Waals surface area contributed by atoms with Crippen LogP contribution in [0, 0.1) is 11.6 Å². The molecule has 0 saturated carbocycles. The molecule has 0 aliphatic carbocycles. The Labute approximate surface area is 111 Å². The Bertz CT molecular complexity index is 627. The van der Waals surface area contributed by atoms with E-state index >= 15 is 0 Å². The van der Waals surface area contributed by atoms with E-state index in [0.29, 0.717) is 0 Å². The van der Waals surface area contributed by atoms with Gasteiger partial charge in [-0.25, -0.2) is 13.6 Å². The highest BCUT2D eigenvalue weighted by Gasteiger charge is 2.23. The van der Waals surface area contributed by atoms with Crippen LogP contribution in [0.3, 0.4) is 0 Å². The molecule has 0 aliphatic rings. The summed E-state index contributed by atoms with van der Waals surface area (Å²) in [6.45, 7) is 1.78. The van der Waals surface area contributed by atoms with Gasteiger partial charge in [0.05, 0.1) is 6.61 Å². The first-order valence-corrected chi connectivity index (χ1v) is 5.70. The number of aromatic nitrogens is 1. The van der Waals surface area contributed by atoms with Crippen LogP contribution in [0.1, 0.15) is 17.4 Å². The zero-order valence-corrected chi connectivity index (χ0v) is 10.5. The molecule has 0 bridgehead atoms. The minimum absolute atomic E-state index is 0.0244. The van der Waals surface area contributed by atoms with Crippen molar-refractivity contribution in [1.29, 1.82) is 0 Å². The van der Waals surface area contributed by atoms with Gasteiger partial charge in [-0.15, -0.1) is 0 Å². The van der Waals surface area contributed by atoms with Gasteiger partial charge < -0.3 is 9.26 Å². The van der Waals surface area contributed by atoms with Crippen molar-refractivity contribution in [2.45, 2.75) is 6.92 Å². The number of benzene rings is 1. The highest BCUT2D eigenvalue weighted by molar-refractivity contribution is 6.35. The van der Waals surface area contributed by atoms with Gasteiger partial charge in [-0.3, -0.25) is 0 Å². The standard InChI is InChI=1S/C12H8ClF2NO3/c1-2-18-12(17)10-9(13)11(19-16-10)6-3-4-7(14)8(15)5-6/h3-5H,2H2,1H3. The summed E-state index contributed by atoms with van der Waals surface area (Å²) >= 11 is 5.91. The molecule has 19 heavy (non-hydrogen) atoms. The van der Waals surface area contributed by atoms with Gasteiger partial charge in [-0.05, 0) is 25.1 Å². The number of hydrogen-bond acceptors (Lipinski definition) is 4. The van der Waals surface area contributed by atoms with E-state index in [1.165, 1.54) is 6.07 Å². The molecule has 1 aromatic heterocycles. The molecule has 0 atom stereocenters. The Morgan fingerprint density at radius 1 is 1.42 bits per heavy atom. The SMILES string of the molecule is CCOC(=O)c1noc(-c2ccc(F)c(F)c2)c1Cl. The Balaban J connectivity index is 2.41. The fourth-order valence-electron chi connectivity index (χ4n) is 1.42. The third kappa shape index (κ3) is 2.58. The molecule has 0 aliphatic heterocycles. The van der Waals surface area contributed by atoms with Gasteiger partial charge in [0, 0.05) is 5.56 Å². The summed E-state index contributed by atoms with van der Waals surface area (Å²) in [5.74, 6) is -2.82. The second kappa shape index (κ2) is 5.36. The molecule has 7 heteroatoms. The summed E-state index contributed by atoms with van der Waals surface area (Å²) in [5, 5.41) is 3.36. The van der Waals surface area contributed by atoms with E-state index in [1.54, 1.807) is 6.92 Å². The van der Waals surface area contributed by atoms with Gasteiger partial charge in [0.15, 0.2) is 17.4 Å². The molecule has 0 radical (unpaired) electrons. The first-order valence-electron chi connectivity index (χ1n) is 5.32. The van der Waals surface area contributed by atoms with Crippen LogP contribution in [0.25, 0.3) is 11.3 Å². The Hall–Kier alpha value is -1.95. The predicted octanol–water partition coefficient (Wildman–Crippen LogP) is 3.45. The molecule has 0 fully saturated rings. The number of nitrogens with zero attached hydrogens (tertiary/aromatic N) is 1. The van der Waals surface area contributed by atoms with Crippen LogP contribution in [0.5, 0.6) is 0 Å². The highest BCUT2D eigenvalue weighted by atomic mass is 35.5. The lowest BCUT2D eigenvalue weighted by atomic mass is 10.1. The Kier molecular flexibility index (Phi) is 3.80. The summed E-state index contributed by atoms with van der Waals surface area (Å²) in [6, 6.07) is 3.09. The first kappa shape index (κ1) is 13.5. The fourth-order valence-corrected chi connectivity index (χ4v) is 1.68. The Morgan fingerprint density at radius 2 is 2.16 bits per heavy atom. The monoisotopic (exact) mass is 287 g/mol.